The molecule has 0 saturated carbocycles. The second-order valence-electron chi connectivity index (χ2n) is 12.2. The quantitative estimate of drug-likeness (QED) is 0.249. The van der Waals surface area contributed by atoms with E-state index in [1.54, 1.807) is 6.20 Å². The predicted octanol–water partition coefficient (Wildman–Crippen LogP) is 6.88. The molecule has 0 radical (unpaired) electrons. The van der Waals surface area contributed by atoms with E-state index >= 15 is 0 Å². The van der Waals surface area contributed by atoms with E-state index in [9.17, 15) is 0 Å². The second kappa shape index (κ2) is 10.1. The minimum absolute atomic E-state index is 0.286. The molecule has 2 aliphatic rings. The molecule has 1 fully saturated rings. The van der Waals surface area contributed by atoms with Crippen LogP contribution in [0.5, 0.6) is 0 Å². The van der Waals surface area contributed by atoms with E-state index in [2.05, 4.69) is 63.2 Å². The Morgan fingerprint density at radius 2 is 1.66 bits per heavy atom. The van der Waals surface area contributed by atoms with Crippen molar-refractivity contribution in [2.24, 2.45) is 0 Å². The van der Waals surface area contributed by atoms with E-state index in [4.69, 9.17) is 9.97 Å². The molecule has 1 N–H and O–H groups in total. The van der Waals surface area contributed by atoms with Gasteiger partial charge in [0.1, 0.15) is 5.69 Å². The highest BCUT2D eigenvalue weighted by atomic mass is 15.2. The summed E-state index contributed by atoms with van der Waals surface area (Å²) in [6.45, 7) is 10.1. The van der Waals surface area contributed by atoms with Crippen molar-refractivity contribution in [3.8, 4) is 33.8 Å². The zero-order chi connectivity index (χ0) is 28.1. The summed E-state index contributed by atoms with van der Waals surface area (Å²) in [6, 6.07) is 13.9. The fourth-order valence-corrected chi connectivity index (χ4v) is 6.98. The van der Waals surface area contributed by atoms with E-state index in [1.807, 2.05) is 38.4 Å². The number of rotatable bonds is 4. The Labute approximate surface area is 241 Å². The van der Waals surface area contributed by atoms with Crippen LogP contribution >= 0.6 is 0 Å². The number of fused-ring (bicyclic) bond motifs is 2. The van der Waals surface area contributed by atoms with Gasteiger partial charge in [0.15, 0.2) is 5.65 Å². The van der Waals surface area contributed by atoms with Gasteiger partial charge >= 0.3 is 0 Å². The first kappa shape index (κ1) is 26.0. The molecule has 5 heterocycles. The molecule has 0 unspecified atom stereocenters. The predicted molar refractivity (Wildman–Crippen MR) is 164 cm³/mol. The van der Waals surface area contributed by atoms with Gasteiger partial charge in [0, 0.05) is 46.7 Å². The third-order valence-corrected chi connectivity index (χ3v) is 9.42. The van der Waals surface area contributed by atoms with Gasteiger partial charge in [0.25, 0.3) is 0 Å². The van der Waals surface area contributed by atoms with Crippen LogP contribution in [0.2, 0.25) is 0 Å². The van der Waals surface area contributed by atoms with Crippen molar-refractivity contribution in [3.63, 3.8) is 0 Å². The molecular formula is C34H37N7. The largest absolute Gasteiger partial charge is 0.295 e. The van der Waals surface area contributed by atoms with Gasteiger partial charge in [-0.3, -0.25) is 20.0 Å². The van der Waals surface area contributed by atoms with Crippen molar-refractivity contribution in [2.75, 3.05) is 6.54 Å². The maximum absolute atomic E-state index is 4.76. The number of hydrogen-bond acceptors (Lipinski definition) is 6. The zero-order valence-corrected chi connectivity index (χ0v) is 24.4. The van der Waals surface area contributed by atoms with Crippen molar-refractivity contribution in [1.82, 2.24) is 35.0 Å². The molecule has 1 aliphatic carbocycles. The lowest BCUT2D eigenvalue weighted by Crippen LogP contribution is -2.48. The number of aryl methyl sites for hydroxylation is 4. The monoisotopic (exact) mass is 543 g/mol. The molecule has 7 nitrogen and oxygen atoms in total. The maximum Gasteiger partial charge on any atom is 0.155 e. The van der Waals surface area contributed by atoms with Gasteiger partial charge in [-0.1, -0.05) is 18.2 Å². The number of nitrogens with zero attached hydrogens (tertiary/aromatic N) is 6. The molecule has 7 heteroatoms. The molecule has 1 aliphatic heterocycles. The van der Waals surface area contributed by atoms with Crippen LogP contribution in [0.3, 0.4) is 0 Å². The van der Waals surface area contributed by atoms with Crippen LogP contribution in [0, 0.1) is 13.8 Å². The molecule has 2 atom stereocenters. The molecule has 41 heavy (non-hydrogen) atoms. The fraction of sp³-hybridized carbons (Fsp3) is 0.382. The van der Waals surface area contributed by atoms with E-state index in [1.165, 1.54) is 48.9 Å². The van der Waals surface area contributed by atoms with E-state index in [0.29, 0.717) is 6.04 Å². The van der Waals surface area contributed by atoms with Crippen molar-refractivity contribution >= 4 is 11.0 Å². The van der Waals surface area contributed by atoms with Crippen molar-refractivity contribution < 1.29 is 0 Å². The number of nitrogens with one attached hydrogen (secondary N) is 1. The molecule has 4 aromatic heterocycles. The summed E-state index contributed by atoms with van der Waals surface area (Å²) < 4.78 is 0. The average molecular weight is 544 g/mol. The topological polar surface area (TPSA) is 83.5 Å². The lowest BCUT2D eigenvalue weighted by atomic mass is 9.89. The summed E-state index contributed by atoms with van der Waals surface area (Å²) in [4.78, 5) is 21.4. The Morgan fingerprint density at radius 1 is 0.854 bits per heavy atom. The minimum atomic E-state index is 0.286. The summed E-state index contributed by atoms with van der Waals surface area (Å²) in [6.07, 6.45) is 13.0. The van der Waals surface area contributed by atoms with E-state index in [-0.39, 0.29) is 5.54 Å². The number of aromatic amines is 1. The van der Waals surface area contributed by atoms with Crippen LogP contribution in [0.4, 0.5) is 0 Å². The van der Waals surface area contributed by atoms with Crippen LogP contribution in [0.1, 0.15) is 62.0 Å². The minimum Gasteiger partial charge on any atom is -0.295 e. The molecule has 5 aromatic rings. The number of hydrogen-bond donors (Lipinski definition) is 1. The second-order valence-corrected chi connectivity index (χ2v) is 12.2. The van der Waals surface area contributed by atoms with Gasteiger partial charge in [-0.05, 0) is 108 Å². The standard InChI is InChI=1S/C34H37N7/c1-21-18-35-23(3)31(38-21)27-9-10-30(36-19-27)32-29-17-28(20-37-33(29)40-39-32)25-8-7-24-11-13-34(4,14-12-26(24)16-25)41-15-5-6-22(41)2/h7-10,16-20,22H,5-6,11-15H2,1-4H3,(H,37,39,40)/t22-,34+/m1/s1. The Kier molecular flexibility index (Phi) is 6.42. The normalized spacial score (nSPS) is 21.2. The highest BCUT2D eigenvalue weighted by molar-refractivity contribution is 5.92. The number of H-pyrrole nitrogens is 1. The fourth-order valence-electron chi connectivity index (χ4n) is 6.98. The van der Waals surface area contributed by atoms with Crippen LogP contribution in [0.25, 0.3) is 44.8 Å². The lowest BCUT2D eigenvalue weighted by Gasteiger charge is -2.41. The number of likely N-dealkylation sites (tertiary alicyclic amines) is 1. The first-order valence-corrected chi connectivity index (χ1v) is 14.9. The SMILES string of the molecule is Cc1cnc(C)c(-c2ccc(-c3n[nH]c4ncc(-c5ccc6c(c5)CC[C@@](C)(N5CCC[C@H]5C)CC6)cc34)nc2)n1. The number of pyridine rings is 2. The third kappa shape index (κ3) is 4.72. The van der Waals surface area contributed by atoms with E-state index < -0.39 is 0 Å². The summed E-state index contributed by atoms with van der Waals surface area (Å²) in [5.41, 5.74) is 11.5. The van der Waals surface area contributed by atoms with Gasteiger partial charge in [0.2, 0.25) is 0 Å². The zero-order valence-electron chi connectivity index (χ0n) is 24.4. The number of aromatic nitrogens is 6. The Hall–Kier alpha value is -3.97. The van der Waals surface area contributed by atoms with Gasteiger partial charge in [-0.25, -0.2) is 9.97 Å². The van der Waals surface area contributed by atoms with Gasteiger partial charge < -0.3 is 0 Å². The molecule has 0 spiro atoms. The van der Waals surface area contributed by atoms with Gasteiger partial charge in [0.05, 0.1) is 22.8 Å². The maximum atomic E-state index is 4.76. The summed E-state index contributed by atoms with van der Waals surface area (Å²) in [7, 11) is 0. The summed E-state index contributed by atoms with van der Waals surface area (Å²) in [5.74, 6) is 0. The smallest absolute Gasteiger partial charge is 0.155 e. The summed E-state index contributed by atoms with van der Waals surface area (Å²) >= 11 is 0. The van der Waals surface area contributed by atoms with E-state index in [0.717, 1.165) is 63.5 Å². The van der Waals surface area contributed by atoms with Gasteiger partial charge in [-0.2, -0.15) is 5.10 Å². The Balaban J connectivity index is 1.17. The Morgan fingerprint density at radius 3 is 2.44 bits per heavy atom. The molecule has 0 amide bonds. The van der Waals surface area contributed by atoms with Crippen LogP contribution < -0.4 is 0 Å². The molecule has 0 bridgehead atoms. The van der Waals surface area contributed by atoms with Crippen LogP contribution in [-0.4, -0.2) is 53.2 Å². The number of benzene rings is 1. The first-order valence-electron chi connectivity index (χ1n) is 14.9. The summed E-state index contributed by atoms with van der Waals surface area (Å²) in [5, 5.41) is 8.66. The highest BCUT2D eigenvalue weighted by Crippen LogP contribution is 2.38. The first-order chi connectivity index (χ1) is 19.9. The third-order valence-electron chi connectivity index (χ3n) is 9.42. The van der Waals surface area contributed by atoms with Crippen LogP contribution in [0.15, 0.2) is 55.0 Å². The average Bonchev–Trinajstić information content (AvgIpc) is 3.58. The Bertz CT molecular complexity index is 1740. The van der Waals surface area contributed by atoms with Gasteiger partial charge in [-0.15, -0.1) is 0 Å². The van der Waals surface area contributed by atoms with Crippen LogP contribution in [-0.2, 0) is 12.8 Å². The molecule has 7 rings (SSSR count). The molecule has 1 saturated heterocycles. The molecular weight excluding hydrogens is 506 g/mol. The molecule has 208 valence electrons. The van der Waals surface area contributed by atoms with Crippen molar-refractivity contribution in [1.29, 1.82) is 0 Å². The van der Waals surface area contributed by atoms with Crippen molar-refractivity contribution in [3.05, 3.63) is 77.5 Å². The lowest BCUT2D eigenvalue weighted by molar-refractivity contribution is 0.0821. The van der Waals surface area contributed by atoms with Crippen molar-refractivity contribution in [2.45, 2.75) is 77.8 Å². The molecule has 1 aromatic carbocycles. The highest BCUT2D eigenvalue weighted by Gasteiger charge is 2.38.